The lowest BCUT2D eigenvalue weighted by Crippen LogP contribution is -2.68. The Morgan fingerprint density at radius 3 is 2.17 bits per heavy atom. The third kappa shape index (κ3) is 3.98. The van der Waals surface area contributed by atoms with Crippen LogP contribution in [0.1, 0.15) is 94.9 Å². The number of Topliss-reactive ketones (excluding diaryl/α,β-unsaturated/α-hetero) is 3. The number of ether oxygens (including phenoxy) is 1. The molecule has 0 aromatic heterocycles. The maximum atomic E-state index is 14.8. The van der Waals surface area contributed by atoms with Gasteiger partial charge in [0, 0.05) is 17.9 Å². The number of ketones is 3. The molecule has 0 saturated heterocycles. The van der Waals surface area contributed by atoms with Crippen LogP contribution in [0.3, 0.4) is 0 Å². The van der Waals surface area contributed by atoms with Crippen molar-refractivity contribution in [1.29, 1.82) is 0 Å². The minimum Gasteiger partial charge on any atom is -0.489 e. The van der Waals surface area contributed by atoms with E-state index in [-0.39, 0.29) is 41.9 Å². The molecule has 5 heteroatoms. The van der Waals surface area contributed by atoms with Crippen molar-refractivity contribution >= 4 is 17.3 Å². The van der Waals surface area contributed by atoms with Gasteiger partial charge in [0.1, 0.15) is 22.7 Å². The van der Waals surface area contributed by atoms with Crippen molar-refractivity contribution in [1.82, 2.24) is 0 Å². The summed E-state index contributed by atoms with van der Waals surface area (Å²) in [7, 11) is 0. The predicted molar refractivity (Wildman–Crippen MR) is 138 cm³/mol. The molecule has 0 unspecified atom stereocenters. The molecule has 35 heavy (non-hydrogen) atoms. The van der Waals surface area contributed by atoms with Crippen LogP contribution in [0.2, 0.25) is 0 Å². The maximum absolute atomic E-state index is 14.8. The highest BCUT2D eigenvalue weighted by Crippen LogP contribution is 2.67. The van der Waals surface area contributed by atoms with Gasteiger partial charge in [0.15, 0.2) is 17.3 Å². The Labute approximate surface area is 211 Å². The van der Waals surface area contributed by atoms with Crippen LogP contribution in [0.4, 0.5) is 0 Å². The lowest BCUT2D eigenvalue weighted by molar-refractivity contribution is -0.176. The topological polar surface area (TPSA) is 80.7 Å². The molecule has 0 radical (unpaired) electrons. The first-order valence-corrected chi connectivity index (χ1v) is 13.0. The van der Waals surface area contributed by atoms with Crippen LogP contribution in [0.15, 0.2) is 34.6 Å². The number of hydrogen-bond acceptors (Lipinski definition) is 5. The molecule has 2 bridgehead atoms. The summed E-state index contributed by atoms with van der Waals surface area (Å²) in [5.41, 5.74) is -2.13. The van der Waals surface area contributed by atoms with Crippen molar-refractivity contribution < 1.29 is 24.2 Å². The van der Waals surface area contributed by atoms with Gasteiger partial charge >= 0.3 is 0 Å². The Kier molecular flexibility index (Phi) is 6.96. The van der Waals surface area contributed by atoms with Gasteiger partial charge in [-0.2, -0.15) is 0 Å². The van der Waals surface area contributed by atoms with Gasteiger partial charge in [-0.1, -0.05) is 51.0 Å². The average Bonchev–Trinajstić information content (AvgIpc) is 3.18. The number of fused-ring (bicyclic) bond motifs is 3. The van der Waals surface area contributed by atoms with Crippen LogP contribution in [0.25, 0.3) is 0 Å². The molecule has 3 rings (SSSR count). The molecule has 0 aromatic rings. The van der Waals surface area contributed by atoms with Crippen molar-refractivity contribution in [3.63, 3.8) is 0 Å². The Balaban J connectivity index is 2.39. The van der Waals surface area contributed by atoms with E-state index in [1.54, 1.807) is 13.8 Å². The fraction of sp³-hybridized carbons (Fsp3) is 0.700. The lowest BCUT2D eigenvalue weighted by atomic mass is 9.39. The number of carbonyl (C=O) groups excluding carboxylic acids is 3. The predicted octanol–water partition coefficient (Wildman–Crippen LogP) is 5.91. The second-order valence-corrected chi connectivity index (χ2v) is 12.9. The van der Waals surface area contributed by atoms with E-state index in [2.05, 4.69) is 6.08 Å². The molecule has 3 aliphatic rings. The zero-order valence-electron chi connectivity index (χ0n) is 23.3. The maximum Gasteiger partial charge on any atom is 0.176 e. The summed E-state index contributed by atoms with van der Waals surface area (Å²) in [5.74, 6) is -0.967. The van der Waals surface area contributed by atoms with Gasteiger partial charge in [0.05, 0.1) is 5.60 Å². The Bertz CT molecular complexity index is 1020. The van der Waals surface area contributed by atoms with Crippen LogP contribution >= 0.6 is 0 Å². The van der Waals surface area contributed by atoms with Crippen molar-refractivity contribution in [3.8, 4) is 0 Å². The van der Waals surface area contributed by atoms with Crippen LogP contribution in [-0.2, 0) is 19.1 Å². The third-order valence-corrected chi connectivity index (χ3v) is 8.78. The number of allylic oxidation sites excluding steroid dienone is 5. The first kappa shape index (κ1) is 27.6. The first-order valence-electron chi connectivity index (χ1n) is 13.0. The lowest BCUT2D eigenvalue weighted by Gasteiger charge is -2.60. The molecule has 1 aliphatic heterocycles. The van der Waals surface area contributed by atoms with E-state index in [9.17, 15) is 19.5 Å². The molecule has 1 fully saturated rings. The fourth-order valence-electron chi connectivity index (χ4n) is 6.43. The molecule has 0 amide bonds. The van der Waals surface area contributed by atoms with Crippen molar-refractivity contribution in [3.05, 3.63) is 34.6 Å². The smallest absolute Gasteiger partial charge is 0.176 e. The van der Waals surface area contributed by atoms with Crippen LogP contribution in [-0.4, -0.2) is 34.2 Å². The van der Waals surface area contributed by atoms with E-state index < -0.39 is 33.9 Å². The molecule has 0 aromatic carbocycles. The highest BCUT2D eigenvalue weighted by molar-refractivity contribution is 6.27. The van der Waals surface area contributed by atoms with Crippen molar-refractivity contribution in [2.75, 3.05) is 0 Å². The highest BCUT2D eigenvalue weighted by atomic mass is 16.5. The molecule has 2 aliphatic carbocycles. The standard InChI is InChI=1S/C30H44O5/c1-17(2)11-12-20-16-29(23(31)19(5)6)25-21(15-22(35-25)28(9,10)34)24(32)30(26(29)33,27(20,7)8)14-13-18(3)4/h11,13,19-20,22,34H,12,14-16H2,1-10H3/t20-,22-,29-,30-/m0/s1. The second-order valence-electron chi connectivity index (χ2n) is 12.9. The van der Waals surface area contributed by atoms with E-state index in [4.69, 9.17) is 4.74 Å². The molecule has 1 N–H and O–H groups in total. The Hall–Kier alpha value is -2.01. The molecule has 5 nitrogen and oxygen atoms in total. The minimum absolute atomic E-state index is 0.0776. The van der Waals surface area contributed by atoms with Gasteiger partial charge in [0.25, 0.3) is 0 Å². The molecule has 1 heterocycles. The number of aliphatic hydroxyl groups is 1. The Morgan fingerprint density at radius 2 is 1.69 bits per heavy atom. The largest absolute Gasteiger partial charge is 0.489 e. The van der Waals surface area contributed by atoms with E-state index in [1.165, 1.54) is 0 Å². The van der Waals surface area contributed by atoms with Gasteiger partial charge in [-0.15, -0.1) is 0 Å². The number of hydrogen-bond donors (Lipinski definition) is 1. The highest BCUT2D eigenvalue weighted by Gasteiger charge is 2.75. The zero-order chi connectivity index (χ0) is 26.7. The SMILES string of the molecule is CC(C)=CC[C@H]1C[C@@]2(C(=O)C(C)C)C(=O)[C@](CC=C(C)C)(C(=O)C3=C2O[C@H](C(C)(C)O)C3)C1(C)C. The Morgan fingerprint density at radius 1 is 1.11 bits per heavy atom. The van der Waals surface area contributed by atoms with Gasteiger partial charge in [-0.05, 0) is 72.1 Å². The van der Waals surface area contributed by atoms with Crippen molar-refractivity contribution in [2.24, 2.45) is 28.1 Å². The van der Waals surface area contributed by atoms with E-state index >= 15 is 0 Å². The monoisotopic (exact) mass is 484 g/mol. The minimum atomic E-state index is -1.50. The average molecular weight is 485 g/mol. The fourth-order valence-corrected chi connectivity index (χ4v) is 6.43. The zero-order valence-corrected chi connectivity index (χ0v) is 23.3. The first-order chi connectivity index (χ1) is 15.9. The molecular weight excluding hydrogens is 440 g/mol. The third-order valence-electron chi connectivity index (χ3n) is 8.78. The van der Waals surface area contributed by atoms with Crippen LogP contribution < -0.4 is 0 Å². The summed E-state index contributed by atoms with van der Waals surface area (Å²) < 4.78 is 6.28. The van der Waals surface area contributed by atoms with E-state index in [1.807, 2.05) is 61.5 Å². The summed E-state index contributed by atoms with van der Waals surface area (Å²) in [6.07, 6.45) is 4.92. The second kappa shape index (κ2) is 8.83. The summed E-state index contributed by atoms with van der Waals surface area (Å²) in [6.45, 7) is 19.0. The summed E-state index contributed by atoms with van der Waals surface area (Å²) in [5, 5.41) is 10.8. The van der Waals surface area contributed by atoms with Crippen LogP contribution in [0.5, 0.6) is 0 Å². The molecule has 194 valence electrons. The van der Waals surface area contributed by atoms with E-state index in [0.29, 0.717) is 18.4 Å². The molecule has 1 saturated carbocycles. The molecule has 0 spiro atoms. The normalized spacial score (nSPS) is 31.8. The number of rotatable bonds is 7. The quantitative estimate of drug-likeness (QED) is 0.359. The van der Waals surface area contributed by atoms with Gasteiger partial charge in [0.2, 0.25) is 0 Å². The van der Waals surface area contributed by atoms with Crippen LogP contribution in [0, 0.1) is 28.1 Å². The number of carbonyl (C=O) groups is 3. The molecule has 4 atom stereocenters. The van der Waals surface area contributed by atoms with E-state index in [0.717, 1.165) is 11.1 Å². The van der Waals surface area contributed by atoms with Gasteiger partial charge in [-0.3, -0.25) is 14.4 Å². The molecular formula is C30H44O5. The summed E-state index contributed by atoms with van der Waals surface area (Å²) in [6, 6.07) is 0. The summed E-state index contributed by atoms with van der Waals surface area (Å²) in [4.78, 5) is 43.3. The summed E-state index contributed by atoms with van der Waals surface area (Å²) >= 11 is 0. The van der Waals surface area contributed by atoms with Gasteiger partial charge < -0.3 is 9.84 Å². The van der Waals surface area contributed by atoms with Gasteiger partial charge in [-0.25, -0.2) is 0 Å². The van der Waals surface area contributed by atoms with Crippen molar-refractivity contribution in [2.45, 2.75) is 107 Å².